The van der Waals surface area contributed by atoms with Crippen LogP contribution >= 0.6 is 0 Å². The quantitative estimate of drug-likeness (QED) is 0.606. The number of carbonyl (C=O) groups excluding carboxylic acids is 1. The Morgan fingerprint density at radius 3 is 2.32 bits per heavy atom. The molecule has 0 saturated carbocycles. The van der Waals surface area contributed by atoms with Crippen LogP contribution in [0.2, 0.25) is 0 Å². The van der Waals surface area contributed by atoms with E-state index < -0.39 is 6.04 Å². The average Bonchev–Trinajstić information content (AvgIpc) is 2.69. The molecule has 0 spiro atoms. The normalized spacial score (nSPS) is 11.6. The summed E-state index contributed by atoms with van der Waals surface area (Å²) in [5, 5.41) is 6.40. The molecule has 0 unspecified atom stereocenters. The van der Waals surface area contributed by atoms with Crippen molar-refractivity contribution in [1.82, 2.24) is 0 Å². The molecule has 0 aliphatic heterocycles. The molecule has 0 heterocycles. The molecule has 3 aromatic carbocycles. The average molecular weight is 374 g/mol. The molecule has 0 aliphatic rings. The molecule has 4 heteroatoms. The second-order valence-corrected chi connectivity index (χ2v) is 6.98. The Hall–Kier alpha value is -3.27. The van der Waals surface area contributed by atoms with Crippen LogP contribution in [0.4, 0.5) is 11.4 Å². The molecule has 1 amide bonds. The van der Waals surface area contributed by atoms with Crippen molar-refractivity contribution < 1.29 is 9.53 Å². The lowest BCUT2D eigenvalue weighted by Gasteiger charge is -2.21. The highest BCUT2D eigenvalue weighted by Crippen LogP contribution is 2.28. The number of anilines is 2. The Balaban J connectivity index is 1.91. The van der Waals surface area contributed by atoms with Crippen LogP contribution in [0, 0.1) is 20.8 Å². The zero-order valence-corrected chi connectivity index (χ0v) is 16.7. The number of benzene rings is 3. The monoisotopic (exact) mass is 374 g/mol. The molecule has 2 N–H and O–H groups in total. The van der Waals surface area contributed by atoms with Crippen molar-refractivity contribution in [3.63, 3.8) is 0 Å². The molecule has 4 nitrogen and oxygen atoms in total. The minimum absolute atomic E-state index is 0.145. The van der Waals surface area contributed by atoms with Crippen molar-refractivity contribution in [2.24, 2.45) is 0 Å². The van der Waals surface area contributed by atoms with Gasteiger partial charge in [0.1, 0.15) is 11.8 Å². The minimum atomic E-state index is -0.534. The fraction of sp³-hybridized carbons (Fsp3) is 0.208. The number of hydrogen-bond donors (Lipinski definition) is 2. The zero-order valence-electron chi connectivity index (χ0n) is 16.7. The number of carbonyl (C=O) groups is 1. The highest BCUT2D eigenvalue weighted by atomic mass is 16.5. The molecular weight excluding hydrogens is 348 g/mol. The second kappa shape index (κ2) is 8.61. The van der Waals surface area contributed by atoms with Gasteiger partial charge in [-0.1, -0.05) is 42.5 Å². The summed E-state index contributed by atoms with van der Waals surface area (Å²) in [6.07, 6.45) is 0. The number of ether oxygens (including phenoxy) is 1. The lowest BCUT2D eigenvalue weighted by atomic mass is 10.0. The third-order valence-electron chi connectivity index (χ3n) is 4.83. The first kappa shape index (κ1) is 19.5. The van der Waals surface area contributed by atoms with Crippen molar-refractivity contribution >= 4 is 17.3 Å². The van der Waals surface area contributed by atoms with E-state index in [0.29, 0.717) is 11.4 Å². The zero-order chi connectivity index (χ0) is 20.1. The van der Waals surface area contributed by atoms with Crippen LogP contribution in [-0.2, 0) is 4.79 Å². The van der Waals surface area contributed by atoms with Gasteiger partial charge in [0.2, 0.25) is 0 Å². The van der Waals surface area contributed by atoms with Crippen LogP contribution < -0.4 is 15.4 Å². The molecule has 0 fully saturated rings. The van der Waals surface area contributed by atoms with Gasteiger partial charge in [-0.2, -0.15) is 0 Å². The Kier molecular flexibility index (Phi) is 5.99. The van der Waals surface area contributed by atoms with Gasteiger partial charge in [0, 0.05) is 5.69 Å². The van der Waals surface area contributed by atoms with Gasteiger partial charge >= 0.3 is 0 Å². The van der Waals surface area contributed by atoms with Crippen LogP contribution in [0.1, 0.15) is 28.3 Å². The Morgan fingerprint density at radius 1 is 0.893 bits per heavy atom. The largest absolute Gasteiger partial charge is 0.495 e. The van der Waals surface area contributed by atoms with E-state index in [0.717, 1.165) is 16.8 Å². The van der Waals surface area contributed by atoms with Crippen LogP contribution in [0.5, 0.6) is 5.75 Å². The number of aryl methyl sites for hydroxylation is 3. The molecule has 0 aliphatic carbocycles. The lowest BCUT2D eigenvalue weighted by Crippen LogP contribution is -2.27. The first-order valence-electron chi connectivity index (χ1n) is 9.32. The molecule has 28 heavy (non-hydrogen) atoms. The van der Waals surface area contributed by atoms with Gasteiger partial charge in [-0.15, -0.1) is 0 Å². The Bertz CT molecular complexity index is 968. The summed E-state index contributed by atoms with van der Waals surface area (Å²) in [4.78, 5) is 13.2. The maximum absolute atomic E-state index is 13.2. The van der Waals surface area contributed by atoms with Gasteiger partial charge in [0.25, 0.3) is 5.91 Å². The fourth-order valence-electron chi connectivity index (χ4n) is 3.07. The van der Waals surface area contributed by atoms with Gasteiger partial charge < -0.3 is 15.4 Å². The maximum atomic E-state index is 13.2. The SMILES string of the molecule is COc1ccc(C)cc1NC(=O)[C@H](Nc1ccc(C)c(C)c1)c1ccccc1. The molecule has 3 aromatic rings. The number of methoxy groups -OCH3 is 1. The van der Waals surface area contributed by atoms with E-state index in [9.17, 15) is 4.79 Å². The summed E-state index contributed by atoms with van der Waals surface area (Å²) in [5.74, 6) is 0.491. The van der Waals surface area contributed by atoms with Gasteiger partial charge in [-0.25, -0.2) is 0 Å². The van der Waals surface area contributed by atoms with Crippen LogP contribution in [0.25, 0.3) is 0 Å². The van der Waals surface area contributed by atoms with Crippen molar-refractivity contribution in [2.75, 3.05) is 17.7 Å². The third-order valence-corrected chi connectivity index (χ3v) is 4.83. The minimum Gasteiger partial charge on any atom is -0.495 e. The predicted octanol–water partition coefficient (Wildman–Crippen LogP) is 5.41. The third kappa shape index (κ3) is 4.52. The van der Waals surface area contributed by atoms with Gasteiger partial charge in [-0.3, -0.25) is 4.79 Å². The van der Waals surface area contributed by atoms with E-state index in [1.165, 1.54) is 11.1 Å². The molecule has 3 rings (SSSR count). The van der Waals surface area contributed by atoms with E-state index in [1.54, 1.807) is 7.11 Å². The van der Waals surface area contributed by atoms with Crippen LogP contribution in [-0.4, -0.2) is 13.0 Å². The first-order valence-corrected chi connectivity index (χ1v) is 9.32. The van der Waals surface area contributed by atoms with Crippen molar-refractivity contribution in [2.45, 2.75) is 26.8 Å². The second-order valence-electron chi connectivity index (χ2n) is 6.98. The molecule has 0 aromatic heterocycles. The summed E-state index contributed by atoms with van der Waals surface area (Å²) in [7, 11) is 1.60. The summed E-state index contributed by atoms with van der Waals surface area (Å²) in [6.45, 7) is 6.12. The smallest absolute Gasteiger partial charge is 0.251 e. The van der Waals surface area contributed by atoms with Gasteiger partial charge in [0.05, 0.1) is 12.8 Å². The molecule has 144 valence electrons. The fourth-order valence-corrected chi connectivity index (χ4v) is 3.07. The molecule has 0 bridgehead atoms. The molecular formula is C24H26N2O2. The summed E-state index contributed by atoms with van der Waals surface area (Å²) in [5.41, 5.74) is 5.91. The van der Waals surface area contributed by atoms with Gasteiger partial charge in [-0.05, 0) is 67.3 Å². The Morgan fingerprint density at radius 2 is 1.64 bits per heavy atom. The van der Waals surface area contributed by atoms with E-state index in [2.05, 4.69) is 36.6 Å². The summed E-state index contributed by atoms with van der Waals surface area (Å²) >= 11 is 0. The standard InChI is InChI=1S/C24H26N2O2/c1-16-10-13-22(28-4)21(14-16)26-24(27)23(19-8-6-5-7-9-19)25-20-12-11-17(2)18(3)15-20/h5-15,23,25H,1-4H3,(H,26,27)/t23-/m1/s1. The Labute approximate surface area is 166 Å². The van der Waals surface area contributed by atoms with Crippen LogP contribution in [0.15, 0.2) is 66.7 Å². The van der Waals surface area contributed by atoms with E-state index in [-0.39, 0.29) is 5.91 Å². The lowest BCUT2D eigenvalue weighted by molar-refractivity contribution is -0.117. The van der Waals surface area contributed by atoms with E-state index >= 15 is 0 Å². The topological polar surface area (TPSA) is 50.4 Å². The maximum Gasteiger partial charge on any atom is 0.251 e. The number of rotatable bonds is 6. The highest BCUT2D eigenvalue weighted by molar-refractivity contribution is 5.98. The predicted molar refractivity (Wildman–Crippen MR) is 115 cm³/mol. The number of amides is 1. The first-order chi connectivity index (χ1) is 13.5. The summed E-state index contributed by atoms with van der Waals surface area (Å²) in [6, 6.07) is 21.0. The van der Waals surface area contributed by atoms with Crippen molar-refractivity contribution in [3.8, 4) is 5.75 Å². The molecule has 0 radical (unpaired) electrons. The molecule has 1 atom stereocenters. The van der Waals surface area contributed by atoms with Crippen LogP contribution in [0.3, 0.4) is 0 Å². The summed E-state index contributed by atoms with van der Waals surface area (Å²) < 4.78 is 5.40. The van der Waals surface area contributed by atoms with E-state index in [1.807, 2.05) is 61.5 Å². The van der Waals surface area contributed by atoms with Gasteiger partial charge in [0.15, 0.2) is 0 Å². The van der Waals surface area contributed by atoms with Crippen molar-refractivity contribution in [3.05, 3.63) is 89.0 Å². The highest BCUT2D eigenvalue weighted by Gasteiger charge is 2.22. The van der Waals surface area contributed by atoms with Crippen molar-refractivity contribution in [1.29, 1.82) is 0 Å². The van der Waals surface area contributed by atoms with E-state index in [4.69, 9.17) is 4.74 Å². The molecule has 0 saturated heterocycles. The number of hydrogen-bond acceptors (Lipinski definition) is 3. The number of nitrogens with one attached hydrogen (secondary N) is 2.